The Labute approximate surface area is 357 Å². The number of carbonyl (C=O) groups excluding carboxylic acids is 1. The number of nitrogens with zero attached hydrogens (tertiary/aromatic N) is 1. The Bertz CT molecular complexity index is 2140. The lowest BCUT2D eigenvalue weighted by Gasteiger charge is -2.41. The number of halogens is 3. The number of alkyl halides is 3. The summed E-state index contributed by atoms with van der Waals surface area (Å²) in [5.74, 6) is -0.365. The molecular weight excluding hydrogens is 808 g/mol. The van der Waals surface area contributed by atoms with Gasteiger partial charge in [0, 0.05) is 24.7 Å². The largest absolute Gasteiger partial charge is 0.497 e. The van der Waals surface area contributed by atoms with Crippen LogP contribution in [-0.4, -0.2) is 70.5 Å². The normalized spacial score (nSPS) is 18.5. The molecule has 1 fully saturated rings. The van der Waals surface area contributed by atoms with Gasteiger partial charge in [0.25, 0.3) is 5.56 Å². The van der Waals surface area contributed by atoms with E-state index >= 15 is 0 Å². The molecule has 2 heterocycles. The number of allylic oxidation sites excluding steroid dienone is 1. The molecule has 5 rings (SSSR count). The summed E-state index contributed by atoms with van der Waals surface area (Å²) in [5, 5.41) is 1.70. The Balaban J connectivity index is 1.61. The highest BCUT2D eigenvalue weighted by atomic mass is 28.2. The van der Waals surface area contributed by atoms with Crippen LogP contribution < -0.4 is 26.0 Å². The van der Waals surface area contributed by atoms with Crippen molar-refractivity contribution < 1.29 is 41.3 Å². The molecule has 328 valence electrons. The molecule has 0 saturated carbocycles. The first-order valence-corrected chi connectivity index (χ1v) is 21.3. The summed E-state index contributed by atoms with van der Waals surface area (Å²) in [6, 6.07) is 25.1. The Morgan fingerprint density at radius 2 is 1.52 bits per heavy atom. The van der Waals surface area contributed by atoms with Gasteiger partial charge >= 0.3 is 17.8 Å². The maximum absolute atomic E-state index is 13.4. The van der Waals surface area contributed by atoms with Gasteiger partial charge < -0.3 is 28.7 Å². The monoisotopic (exact) mass is 863 g/mol. The average molecular weight is 864 g/mol. The van der Waals surface area contributed by atoms with E-state index in [0.29, 0.717) is 42.7 Å². The van der Waals surface area contributed by atoms with Crippen LogP contribution in [0.25, 0.3) is 0 Å². The molecule has 1 saturated heterocycles. The number of rotatable bonds is 20. The number of nitrogens with one attached hydrogen (secondary N) is 2. The van der Waals surface area contributed by atoms with E-state index in [0.717, 1.165) is 16.7 Å². The number of amides is 1. The van der Waals surface area contributed by atoms with Crippen LogP contribution in [-0.2, 0) is 24.3 Å². The highest BCUT2D eigenvalue weighted by Crippen LogP contribution is 2.47. The van der Waals surface area contributed by atoms with E-state index in [1.165, 1.54) is 10.8 Å². The molecule has 3 atom stereocenters. The van der Waals surface area contributed by atoms with Gasteiger partial charge in [0.05, 0.1) is 26.9 Å². The number of aryl methyl sites for hydroxylation is 1. The molecule has 2 radical (unpaired) electrons. The van der Waals surface area contributed by atoms with Crippen LogP contribution in [0.1, 0.15) is 88.3 Å². The smallest absolute Gasteiger partial charge is 0.471 e. The SMILES string of the molecule is COc1ccc(C(OC[C@@]2(C=CCCCCCNC(=O)C(F)(F)F)O[C@@H](n3cc(C)c(=O)[nH]c3=O)C[C@@H]2O[Si]C(C)(C)C(C)C)(c2ccccc2)c2ccc(OC)cc2)cc1. The average Bonchev–Trinajstić information content (AvgIpc) is 3.60. The van der Waals surface area contributed by atoms with Gasteiger partial charge in [-0.05, 0) is 78.1 Å². The summed E-state index contributed by atoms with van der Waals surface area (Å²) >= 11 is 0. The van der Waals surface area contributed by atoms with Gasteiger partial charge in [0.15, 0.2) is 0 Å². The van der Waals surface area contributed by atoms with Gasteiger partial charge in [-0.25, -0.2) is 4.79 Å². The van der Waals surface area contributed by atoms with Crippen LogP contribution in [0.2, 0.25) is 5.04 Å². The zero-order valence-electron chi connectivity index (χ0n) is 35.8. The standard InChI is InChI=1S/C46H56F3N3O8Si/c1-31(2)43(4,5)61-60-38-28-39(52-29-32(3)40(53)51-42(52)55)59-44(38,26-14-9-8-10-15-27-50-41(54)46(47,48)49)30-58-45(33-16-12-11-13-17-33,34-18-22-36(56-6)23-19-34)35-20-24-37(57-7)25-21-35/h11-14,16-26,29,31,38-39H,8-10,15,27-28,30H2,1-7H3,(H,50,54)(H,51,53,55)/t38-,39+,44+/m0/s1. The highest BCUT2D eigenvalue weighted by molar-refractivity contribution is 6.32. The van der Waals surface area contributed by atoms with Gasteiger partial charge in [0.1, 0.15) is 28.9 Å². The van der Waals surface area contributed by atoms with Gasteiger partial charge in [-0.2, -0.15) is 13.2 Å². The second-order valence-corrected chi connectivity index (χ2v) is 17.9. The summed E-state index contributed by atoms with van der Waals surface area (Å²) in [4.78, 5) is 39.5. The summed E-state index contributed by atoms with van der Waals surface area (Å²) in [6.07, 6.45) is 1.18. The van der Waals surface area contributed by atoms with Crippen LogP contribution in [0.3, 0.4) is 0 Å². The number of ether oxygens (including phenoxy) is 4. The van der Waals surface area contributed by atoms with Crippen molar-refractivity contribution in [1.29, 1.82) is 0 Å². The minimum Gasteiger partial charge on any atom is -0.497 e. The molecule has 3 aromatic carbocycles. The predicted octanol–water partition coefficient (Wildman–Crippen LogP) is 8.18. The summed E-state index contributed by atoms with van der Waals surface area (Å²) < 4.78 is 71.9. The maximum atomic E-state index is 13.4. The second kappa shape index (κ2) is 20.3. The molecule has 15 heteroatoms. The van der Waals surface area contributed by atoms with E-state index in [1.807, 2.05) is 96.3 Å². The minimum atomic E-state index is -4.93. The lowest BCUT2D eigenvalue weighted by Crippen LogP contribution is -2.48. The number of benzene rings is 3. The Morgan fingerprint density at radius 1 is 0.934 bits per heavy atom. The molecule has 1 amide bonds. The molecule has 1 aromatic heterocycles. The second-order valence-electron chi connectivity index (χ2n) is 16.1. The fourth-order valence-corrected chi connectivity index (χ4v) is 7.96. The molecule has 1 aliphatic heterocycles. The van der Waals surface area contributed by atoms with Crippen LogP contribution >= 0.6 is 0 Å². The zero-order valence-corrected chi connectivity index (χ0v) is 36.8. The Kier molecular flexibility index (Phi) is 15.6. The van der Waals surface area contributed by atoms with E-state index in [2.05, 4.69) is 32.7 Å². The quantitative estimate of drug-likeness (QED) is 0.0394. The van der Waals surface area contributed by atoms with Crippen LogP contribution in [0, 0.1) is 12.8 Å². The van der Waals surface area contributed by atoms with Gasteiger partial charge in [0.2, 0.25) is 9.76 Å². The number of methoxy groups -OCH3 is 2. The first-order valence-electron chi connectivity index (χ1n) is 20.4. The maximum Gasteiger partial charge on any atom is 0.471 e. The van der Waals surface area contributed by atoms with Gasteiger partial charge in [-0.1, -0.05) is 101 Å². The fourth-order valence-electron chi connectivity index (χ4n) is 6.98. The van der Waals surface area contributed by atoms with Crippen molar-refractivity contribution in [2.24, 2.45) is 5.92 Å². The van der Waals surface area contributed by atoms with Crippen molar-refractivity contribution in [3.8, 4) is 11.5 Å². The van der Waals surface area contributed by atoms with Gasteiger partial charge in [-0.3, -0.25) is 19.1 Å². The van der Waals surface area contributed by atoms with Crippen molar-refractivity contribution in [1.82, 2.24) is 14.9 Å². The summed E-state index contributed by atoms with van der Waals surface area (Å²) in [5.41, 5.74) is -0.922. The number of hydrogen-bond acceptors (Lipinski definition) is 8. The number of aromatic nitrogens is 2. The third-order valence-corrected chi connectivity index (χ3v) is 12.9. The van der Waals surface area contributed by atoms with Crippen LogP contribution in [0.5, 0.6) is 11.5 Å². The van der Waals surface area contributed by atoms with Crippen molar-refractivity contribution in [3.63, 3.8) is 0 Å². The third-order valence-electron chi connectivity index (χ3n) is 11.4. The minimum absolute atomic E-state index is 0.0283. The summed E-state index contributed by atoms with van der Waals surface area (Å²) in [6.45, 7) is 9.98. The van der Waals surface area contributed by atoms with Crippen molar-refractivity contribution in [2.75, 3.05) is 27.4 Å². The number of carbonyl (C=O) groups is 1. The van der Waals surface area contributed by atoms with Crippen LogP contribution in [0.4, 0.5) is 13.2 Å². The molecule has 0 unspecified atom stereocenters. The third kappa shape index (κ3) is 11.3. The molecule has 11 nitrogen and oxygen atoms in total. The molecular formula is C46H56F3N3O8Si. The fraction of sp³-hybridized carbons (Fsp3) is 0.457. The number of H-pyrrole nitrogens is 1. The number of hydrogen-bond donors (Lipinski definition) is 2. The van der Waals surface area contributed by atoms with Crippen molar-refractivity contribution in [2.45, 2.75) is 101 Å². The van der Waals surface area contributed by atoms with Crippen molar-refractivity contribution in [3.05, 3.63) is 140 Å². The highest BCUT2D eigenvalue weighted by Gasteiger charge is 2.52. The molecule has 2 N–H and O–H groups in total. The first-order chi connectivity index (χ1) is 29.0. The van der Waals surface area contributed by atoms with E-state index in [4.69, 9.17) is 23.4 Å². The molecule has 4 aromatic rings. The molecule has 1 aliphatic rings. The van der Waals surface area contributed by atoms with E-state index < -0.39 is 46.9 Å². The van der Waals surface area contributed by atoms with Gasteiger partial charge in [-0.15, -0.1) is 0 Å². The molecule has 0 bridgehead atoms. The molecule has 0 spiro atoms. The van der Waals surface area contributed by atoms with E-state index in [-0.39, 0.29) is 40.3 Å². The van der Waals surface area contributed by atoms with E-state index in [1.54, 1.807) is 21.1 Å². The molecule has 61 heavy (non-hydrogen) atoms. The molecule has 0 aliphatic carbocycles. The lowest BCUT2D eigenvalue weighted by atomic mass is 9.79. The zero-order chi connectivity index (χ0) is 44.4. The Morgan fingerprint density at radius 3 is 2.08 bits per heavy atom. The topological polar surface area (TPSA) is 130 Å². The van der Waals surface area contributed by atoms with Crippen molar-refractivity contribution >= 4 is 15.7 Å². The first kappa shape index (κ1) is 47.1. The predicted molar refractivity (Wildman–Crippen MR) is 228 cm³/mol. The van der Waals surface area contributed by atoms with E-state index in [9.17, 15) is 27.6 Å². The van der Waals surface area contributed by atoms with Crippen LogP contribution in [0.15, 0.2) is 107 Å². The lowest BCUT2D eigenvalue weighted by molar-refractivity contribution is -0.173. The number of aromatic amines is 1. The summed E-state index contributed by atoms with van der Waals surface area (Å²) in [7, 11) is 3.23. The Hall–Kier alpha value is -4.96. The number of unbranched alkanes of at least 4 members (excludes halogenated alkanes) is 3.